The summed E-state index contributed by atoms with van der Waals surface area (Å²) in [5, 5.41) is 1.89. The normalized spacial score (nSPS) is 15.3. The molecule has 3 heterocycles. The first-order valence-corrected chi connectivity index (χ1v) is 10.9. The second kappa shape index (κ2) is 9.23. The van der Waals surface area contributed by atoms with Crippen LogP contribution in [0.4, 0.5) is 5.69 Å². The third kappa shape index (κ3) is 4.09. The van der Waals surface area contributed by atoms with E-state index in [0.29, 0.717) is 23.7 Å². The second-order valence-electron chi connectivity index (χ2n) is 7.22. The first-order chi connectivity index (χ1) is 15.5. The van der Waals surface area contributed by atoms with Crippen LogP contribution in [0.1, 0.15) is 20.8 Å². The molecule has 0 saturated heterocycles. The quantitative estimate of drug-likeness (QED) is 0.665. The second-order valence-corrected chi connectivity index (χ2v) is 8.17. The summed E-state index contributed by atoms with van der Waals surface area (Å²) < 4.78 is 9.83. The molecule has 8 heteroatoms. The maximum absolute atomic E-state index is 12.8. The molecule has 4 rings (SSSR count). The van der Waals surface area contributed by atoms with Crippen LogP contribution >= 0.6 is 11.3 Å². The summed E-state index contributed by atoms with van der Waals surface area (Å²) in [5.41, 5.74) is 2.98. The maximum atomic E-state index is 12.8. The molecule has 0 spiro atoms. The predicted molar refractivity (Wildman–Crippen MR) is 121 cm³/mol. The Morgan fingerprint density at radius 1 is 1.00 bits per heavy atom. The van der Waals surface area contributed by atoms with Crippen molar-refractivity contribution < 1.29 is 23.9 Å². The van der Waals surface area contributed by atoms with Crippen molar-refractivity contribution >= 4 is 34.9 Å². The fourth-order valence-electron chi connectivity index (χ4n) is 3.79. The van der Waals surface area contributed by atoms with Crippen molar-refractivity contribution in [2.75, 3.05) is 25.7 Å². The molecule has 0 atom stereocenters. The van der Waals surface area contributed by atoms with Crippen LogP contribution in [0, 0.1) is 0 Å². The van der Waals surface area contributed by atoms with Crippen LogP contribution in [0.15, 0.2) is 71.4 Å². The summed E-state index contributed by atoms with van der Waals surface area (Å²) in [4.78, 5) is 42.0. The maximum Gasteiger partial charge on any atom is 0.355 e. The number of ether oxygens (including phenoxy) is 2. The van der Waals surface area contributed by atoms with Crippen LogP contribution in [-0.2, 0) is 32.0 Å². The van der Waals surface area contributed by atoms with Crippen molar-refractivity contribution in [3.05, 3.63) is 87.4 Å². The number of hydrogen-bond donors (Lipinski definition) is 0. The summed E-state index contributed by atoms with van der Waals surface area (Å²) in [6.45, 7) is 1.12. The molecule has 1 aromatic carbocycles. The first-order valence-electron chi connectivity index (χ1n) is 10.0. The predicted octanol–water partition coefficient (Wildman–Crippen LogP) is 3.44. The molecule has 7 nitrogen and oxygen atoms in total. The lowest BCUT2D eigenvalue weighted by molar-refractivity contribution is -0.139. The highest BCUT2D eigenvalue weighted by atomic mass is 32.1. The van der Waals surface area contributed by atoms with Gasteiger partial charge < -0.3 is 19.3 Å². The van der Waals surface area contributed by atoms with E-state index in [2.05, 4.69) is 0 Å². The molecule has 164 valence electrons. The smallest absolute Gasteiger partial charge is 0.355 e. The standard InChI is InChI=1S/C24H22N2O5S/c1-30-23(28)19-6-3-4-11-26(21(19)24(29)31-2)18-9-8-16-10-12-25(15-17(16)14-18)22(27)20-7-5-13-32-20/h3-9,11,13-14H,10,12,15H2,1-2H3. The van der Waals surface area contributed by atoms with Crippen LogP contribution in [0.2, 0.25) is 0 Å². The molecule has 0 fully saturated rings. The van der Waals surface area contributed by atoms with Crippen LogP contribution < -0.4 is 4.90 Å². The Labute approximate surface area is 189 Å². The van der Waals surface area contributed by atoms with Gasteiger partial charge in [-0.1, -0.05) is 18.2 Å². The Morgan fingerprint density at radius 3 is 2.53 bits per heavy atom. The average molecular weight is 451 g/mol. The molecule has 2 aromatic rings. The first kappa shape index (κ1) is 21.6. The highest BCUT2D eigenvalue weighted by Gasteiger charge is 2.29. The Bertz CT molecular complexity index is 1150. The van der Waals surface area contributed by atoms with Gasteiger partial charge in [0, 0.05) is 25.0 Å². The molecule has 0 saturated carbocycles. The van der Waals surface area contributed by atoms with Crippen LogP contribution in [0.25, 0.3) is 0 Å². The fraction of sp³-hybridized carbons (Fsp3) is 0.208. The average Bonchev–Trinajstić information content (AvgIpc) is 3.28. The molecule has 0 unspecified atom stereocenters. The van der Waals surface area contributed by atoms with E-state index in [1.807, 2.05) is 40.6 Å². The van der Waals surface area contributed by atoms with Gasteiger partial charge in [0.2, 0.25) is 0 Å². The van der Waals surface area contributed by atoms with Gasteiger partial charge >= 0.3 is 11.9 Å². The van der Waals surface area contributed by atoms with Gasteiger partial charge in [-0.3, -0.25) is 4.79 Å². The Kier molecular flexibility index (Phi) is 6.23. The SMILES string of the molecule is COC(=O)C1=C(C(=O)OC)N(c2ccc3c(c2)CN(C(=O)c2cccs2)CC3)C=CC=C1. The molecule has 32 heavy (non-hydrogen) atoms. The monoisotopic (exact) mass is 450 g/mol. The van der Waals surface area contributed by atoms with Crippen molar-refractivity contribution in [1.29, 1.82) is 0 Å². The van der Waals surface area contributed by atoms with E-state index >= 15 is 0 Å². The zero-order chi connectivity index (χ0) is 22.7. The minimum atomic E-state index is -0.658. The number of carbonyl (C=O) groups excluding carboxylic acids is 3. The number of fused-ring (bicyclic) bond motifs is 1. The molecule has 0 N–H and O–H groups in total. The van der Waals surface area contributed by atoms with E-state index in [0.717, 1.165) is 17.5 Å². The number of hydrogen-bond acceptors (Lipinski definition) is 7. The van der Waals surface area contributed by atoms with E-state index in [4.69, 9.17) is 9.47 Å². The summed E-state index contributed by atoms with van der Waals surface area (Å²) in [7, 11) is 2.53. The summed E-state index contributed by atoms with van der Waals surface area (Å²) in [6, 6.07) is 9.53. The van der Waals surface area contributed by atoms with Crippen molar-refractivity contribution in [1.82, 2.24) is 4.90 Å². The van der Waals surface area contributed by atoms with E-state index in [9.17, 15) is 14.4 Å². The van der Waals surface area contributed by atoms with E-state index in [-0.39, 0.29) is 17.2 Å². The van der Waals surface area contributed by atoms with Gasteiger partial charge in [0.25, 0.3) is 5.91 Å². The Morgan fingerprint density at radius 2 is 1.81 bits per heavy atom. The topological polar surface area (TPSA) is 76.2 Å². The highest BCUT2D eigenvalue weighted by molar-refractivity contribution is 7.12. The fourth-order valence-corrected chi connectivity index (χ4v) is 4.48. The number of nitrogens with zero attached hydrogens (tertiary/aromatic N) is 2. The van der Waals surface area contributed by atoms with Gasteiger partial charge in [-0.2, -0.15) is 0 Å². The zero-order valence-electron chi connectivity index (χ0n) is 17.7. The molecule has 0 radical (unpaired) electrons. The molecule has 1 aromatic heterocycles. The van der Waals surface area contributed by atoms with E-state index in [1.54, 1.807) is 23.3 Å². The van der Waals surface area contributed by atoms with Gasteiger partial charge in [0.05, 0.1) is 24.7 Å². The number of amides is 1. The molecular weight excluding hydrogens is 428 g/mol. The van der Waals surface area contributed by atoms with Gasteiger partial charge in [0.15, 0.2) is 0 Å². The van der Waals surface area contributed by atoms with Gasteiger partial charge in [0.1, 0.15) is 5.70 Å². The molecule has 0 aliphatic carbocycles. The van der Waals surface area contributed by atoms with Crippen molar-refractivity contribution in [3.8, 4) is 0 Å². The third-order valence-corrected chi connectivity index (χ3v) is 6.25. The minimum absolute atomic E-state index is 0.0121. The number of benzene rings is 1. The van der Waals surface area contributed by atoms with Crippen LogP contribution in [0.3, 0.4) is 0 Å². The summed E-state index contributed by atoms with van der Waals surface area (Å²) >= 11 is 1.43. The lowest BCUT2D eigenvalue weighted by Gasteiger charge is -2.30. The lowest BCUT2D eigenvalue weighted by Crippen LogP contribution is -2.35. The number of thiophene rings is 1. The summed E-state index contributed by atoms with van der Waals surface area (Å²) in [5.74, 6) is -1.28. The Balaban J connectivity index is 1.71. The number of anilines is 1. The summed E-state index contributed by atoms with van der Waals surface area (Å²) in [6.07, 6.45) is 7.35. The van der Waals surface area contributed by atoms with Crippen LogP contribution in [0.5, 0.6) is 0 Å². The molecule has 0 bridgehead atoms. The highest BCUT2D eigenvalue weighted by Crippen LogP contribution is 2.31. The van der Waals surface area contributed by atoms with E-state index in [1.165, 1.54) is 31.6 Å². The van der Waals surface area contributed by atoms with E-state index < -0.39 is 11.9 Å². The molecule has 2 aliphatic heterocycles. The number of allylic oxidation sites excluding steroid dienone is 2. The van der Waals surface area contributed by atoms with Gasteiger partial charge in [-0.05, 0) is 53.3 Å². The van der Waals surface area contributed by atoms with Crippen molar-refractivity contribution in [2.45, 2.75) is 13.0 Å². The third-order valence-electron chi connectivity index (χ3n) is 5.39. The van der Waals surface area contributed by atoms with Gasteiger partial charge in [-0.15, -0.1) is 11.3 Å². The van der Waals surface area contributed by atoms with Crippen LogP contribution in [-0.4, -0.2) is 43.5 Å². The number of carbonyl (C=O) groups is 3. The van der Waals surface area contributed by atoms with Crippen molar-refractivity contribution in [3.63, 3.8) is 0 Å². The molecular formula is C24H22N2O5S. The molecule has 1 amide bonds. The lowest BCUT2D eigenvalue weighted by atomic mass is 9.98. The Hall–Kier alpha value is -3.65. The number of esters is 2. The van der Waals surface area contributed by atoms with Gasteiger partial charge in [-0.25, -0.2) is 9.59 Å². The number of methoxy groups -OCH3 is 2. The number of rotatable bonds is 4. The van der Waals surface area contributed by atoms with Crippen molar-refractivity contribution in [2.24, 2.45) is 0 Å². The minimum Gasteiger partial charge on any atom is -0.465 e. The largest absolute Gasteiger partial charge is 0.465 e. The molecule has 2 aliphatic rings. The zero-order valence-corrected chi connectivity index (χ0v) is 18.6.